The number of aromatic nitrogens is 2. The van der Waals surface area contributed by atoms with Crippen LogP contribution in [0, 0.1) is 5.82 Å². The van der Waals surface area contributed by atoms with E-state index in [1.807, 2.05) is 0 Å². The fourth-order valence-electron chi connectivity index (χ4n) is 2.71. The lowest BCUT2D eigenvalue weighted by Gasteiger charge is -2.08. The molecular weight excluding hydrogens is 423 g/mol. The molecule has 0 bridgehead atoms. The van der Waals surface area contributed by atoms with Gasteiger partial charge in [-0.2, -0.15) is 0 Å². The van der Waals surface area contributed by atoms with Gasteiger partial charge in [0.15, 0.2) is 5.76 Å². The van der Waals surface area contributed by atoms with Crippen molar-refractivity contribution in [3.63, 3.8) is 0 Å². The van der Waals surface area contributed by atoms with Gasteiger partial charge < -0.3 is 9.73 Å². The maximum absolute atomic E-state index is 13.9. The van der Waals surface area contributed by atoms with E-state index in [-0.39, 0.29) is 27.9 Å². The van der Waals surface area contributed by atoms with E-state index in [1.165, 1.54) is 54.9 Å². The molecule has 0 aliphatic carbocycles. The van der Waals surface area contributed by atoms with Crippen molar-refractivity contribution < 1.29 is 22.0 Å². The van der Waals surface area contributed by atoms with E-state index in [0.29, 0.717) is 5.69 Å². The summed E-state index contributed by atoms with van der Waals surface area (Å²) in [4.78, 5) is 20.0. The average molecular weight is 438 g/mol. The van der Waals surface area contributed by atoms with E-state index in [4.69, 9.17) is 4.42 Å². The van der Waals surface area contributed by atoms with Crippen LogP contribution in [0.3, 0.4) is 0 Å². The third-order valence-electron chi connectivity index (χ3n) is 4.18. The second kappa shape index (κ2) is 8.36. The molecule has 4 aromatic rings. The number of hydrogen-bond donors (Lipinski definition) is 2. The van der Waals surface area contributed by atoms with Crippen LogP contribution in [0.15, 0.2) is 88.4 Å². The molecule has 10 heteroatoms. The second-order valence-electron chi connectivity index (χ2n) is 6.30. The van der Waals surface area contributed by atoms with Crippen LogP contribution in [0.1, 0.15) is 10.6 Å². The summed E-state index contributed by atoms with van der Waals surface area (Å²) < 4.78 is 46.4. The van der Waals surface area contributed by atoms with Crippen LogP contribution in [-0.4, -0.2) is 24.3 Å². The van der Waals surface area contributed by atoms with Gasteiger partial charge in [-0.25, -0.2) is 27.5 Å². The smallest absolute Gasteiger partial charge is 0.291 e. The van der Waals surface area contributed by atoms with Crippen molar-refractivity contribution in [1.82, 2.24) is 9.97 Å². The normalized spacial score (nSPS) is 11.1. The molecule has 2 aromatic carbocycles. The molecule has 0 saturated carbocycles. The lowest BCUT2D eigenvalue weighted by Crippen LogP contribution is -2.15. The molecule has 0 unspecified atom stereocenters. The summed E-state index contributed by atoms with van der Waals surface area (Å²) in [6, 6.07) is 16.1. The highest BCUT2D eigenvalue weighted by atomic mass is 32.2. The Morgan fingerprint density at radius 2 is 1.61 bits per heavy atom. The van der Waals surface area contributed by atoms with Gasteiger partial charge in [0, 0.05) is 18.1 Å². The Bertz CT molecular complexity index is 1320. The van der Waals surface area contributed by atoms with Gasteiger partial charge in [-0.05, 0) is 54.6 Å². The number of carbonyl (C=O) groups excluding carboxylic acids is 1. The van der Waals surface area contributed by atoms with Crippen LogP contribution in [-0.2, 0) is 10.0 Å². The molecule has 0 fully saturated rings. The minimum atomic E-state index is -3.88. The molecule has 0 aliphatic rings. The van der Waals surface area contributed by atoms with E-state index in [2.05, 4.69) is 20.0 Å². The molecule has 2 N–H and O–H groups in total. The standard InChI is InChI=1S/C21H15FN4O4S/c22-17-5-2-1-4-16(17)18-10-11-19(30-18)20(27)25-14-6-8-15(9-7-14)31(28,29)26-21-23-12-3-13-24-21/h1-13H,(H,25,27)(H,23,24,26). The Kier molecular flexibility index (Phi) is 5.46. The van der Waals surface area contributed by atoms with Gasteiger partial charge in [0.25, 0.3) is 15.9 Å². The third-order valence-corrected chi connectivity index (χ3v) is 5.53. The minimum absolute atomic E-state index is 0.0159. The lowest BCUT2D eigenvalue weighted by atomic mass is 10.1. The molecule has 1 amide bonds. The fraction of sp³-hybridized carbons (Fsp3) is 0. The number of nitrogens with one attached hydrogen (secondary N) is 2. The summed E-state index contributed by atoms with van der Waals surface area (Å²) in [6.07, 6.45) is 2.82. The molecule has 0 spiro atoms. The van der Waals surface area contributed by atoms with Gasteiger partial charge in [-0.3, -0.25) is 4.79 Å². The lowest BCUT2D eigenvalue weighted by molar-refractivity contribution is 0.0997. The molecule has 0 atom stereocenters. The largest absolute Gasteiger partial charge is 0.451 e. The van der Waals surface area contributed by atoms with Crippen LogP contribution < -0.4 is 10.0 Å². The molecule has 0 aliphatic heterocycles. The first kappa shape index (κ1) is 20.2. The van der Waals surface area contributed by atoms with E-state index in [0.717, 1.165) is 0 Å². The number of benzene rings is 2. The zero-order valence-electron chi connectivity index (χ0n) is 15.8. The van der Waals surface area contributed by atoms with Gasteiger partial charge in [-0.1, -0.05) is 12.1 Å². The minimum Gasteiger partial charge on any atom is -0.451 e. The first-order valence-electron chi connectivity index (χ1n) is 8.98. The number of nitrogens with zero attached hydrogens (tertiary/aromatic N) is 2. The first-order chi connectivity index (χ1) is 14.9. The van der Waals surface area contributed by atoms with Crippen molar-refractivity contribution in [1.29, 1.82) is 0 Å². The Labute approximate surface area is 176 Å². The summed E-state index contributed by atoms with van der Waals surface area (Å²) in [5, 5.41) is 2.60. The highest BCUT2D eigenvalue weighted by Crippen LogP contribution is 2.25. The molecule has 0 saturated heterocycles. The van der Waals surface area contributed by atoms with Gasteiger partial charge in [0.2, 0.25) is 5.95 Å². The van der Waals surface area contributed by atoms with Crippen molar-refractivity contribution >= 4 is 27.6 Å². The third kappa shape index (κ3) is 4.59. The summed E-state index contributed by atoms with van der Waals surface area (Å²) in [6.45, 7) is 0. The van der Waals surface area contributed by atoms with Crippen LogP contribution >= 0.6 is 0 Å². The van der Waals surface area contributed by atoms with E-state index >= 15 is 0 Å². The van der Waals surface area contributed by atoms with Gasteiger partial charge >= 0.3 is 0 Å². The number of halogens is 1. The molecule has 156 valence electrons. The zero-order valence-corrected chi connectivity index (χ0v) is 16.6. The molecule has 31 heavy (non-hydrogen) atoms. The fourth-order valence-corrected chi connectivity index (χ4v) is 3.66. The van der Waals surface area contributed by atoms with E-state index in [1.54, 1.807) is 24.3 Å². The number of anilines is 2. The van der Waals surface area contributed by atoms with Crippen LogP contribution in [0.2, 0.25) is 0 Å². The average Bonchev–Trinajstić information content (AvgIpc) is 3.25. The maximum Gasteiger partial charge on any atom is 0.291 e. The van der Waals surface area contributed by atoms with Crippen molar-refractivity contribution in [2.45, 2.75) is 4.90 Å². The van der Waals surface area contributed by atoms with E-state index in [9.17, 15) is 17.6 Å². The summed E-state index contributed by atoms with van der Waals surface area (Å²) in [5.41, 5.74) is 0.592. The SMILES string of the molecule is O=C(Nc1ccc(S(=O)(=O)Nc2ncccn2)cc1)c1ccc(-c2ccccc2F)o1. The Morgan fingerprint density at radius 3 is 2.32 bits per heavy atom. The number of furan rings is 1. The van der Waals surface area contributed by atoms with Crippen LogP contribution in [0.5, 0.6) is 0 Å². The molecule has 8 nitrogen and oxygen atoms in total. The van der Waals surface area contributed by atoms with Crippen molar-refractivity contribution in [3.8, 4) is 11.3 Å². The quantitative estimate of drug-likeness (QED) is 0.471. The summed E-state index contributed by atoms with van der Waals surface area (Å²) in [7, 11) is -3.88. The Balaban J connectivity index is 1.46. The van der Waals surface area contributed by atoms with Crippen molar-refractivity contribution in [2.75, 3.05) is 10.0 Å². The van der Waals surface area contributed by atoms with Crippen LogP contribution in [0.4, 0.5) is 16.0 Å². The monoisotopic (exact) mass is 438 g/mol. The number of hydrogen-bond acceptors (Lipinski definition) is 6. The van der Waals surface area contributed by atoms with Gasteiger partial charge in [0.1, 0.15) is 11.6 Å². The maximum atomic E-state index is 13.9. The Morgan fingerprint density at radius 1 is 0.903 bits per heavy atom. The molecule has 0 radical (unpaired) electrons. The predicted octanol–water partition coefficient (Wildman–Crippen LogP) is 3.93. The topological polar surface area (TPSA) is 114 Å². The predicted molar refractivity (Wildman–Crippen MR) is 111 cm³/mol. The Hall–Kier alpha value is -4.05. The van der Waals surface area contributed by atoms with Gasteiger partial charge in [-0.15, -0.1) is 0 Å². The highest BCUT2D eigenvalue weighted by molar-refractivity contribution is 7.92. The summed E-state index contributed by atoms with van der Waals surface area (Å²) in [5.74, 6) is -0.871. The molecular formula is C21H15FN4O4S. The molecule has 2 aromatic heterocycles. The van der Waals surface area contributed by atoms with E-state index < -0.39 is 21.7 Å². The van der Waals surface area contributed by atoms with Crippen molar-refractivity contribution in [2.24, 2.45) is 0 Å². The second-order valence-corrected chi connectivity index (χ2v) is 7.98. The summed E-state index contributed by atoms with van der Waals surface area (Å²) >= 11 is 0. The van der Waals surface area contributed by atoms with Crippen LogP contribution in [0.25, 0.3) is 11.3 Å². The first-order valence-corrected chi connectivity index (χ1v) is 10.5. The molecule has 2 heterocycles. The van der Waals surface area contributed by atoms with Crippen molar-refractivity contribution in [3.05, 3.63) is 90.7 Å². The zero-order chi connectivity index (χ0) is 21.8. The number of rotatable bonds is 6. The number of carbonyl (C=O) groups is 1. The number of amides is 1. The number of sulfonamides is 1. The molecule has 4 rings (SSSR count). The van der Waals surface area contributed by atoms with Gasteiger partial charge in [0.05, 0.1) is 10.5 Å². The highest BCUT2D eigenvalue weighted by Gasteiger charge is 2.17.